The van der Waals surface area contributed by atoms with Gasteiger partial charge in [0.05, 0.1) is 0 Å². The molecule has 0 aliphatic carbocycles. The Morgan fingerprint density at radius 1 is 1.19 bits per heavy atom. The zero-order chi connectivity index (χ0) is 15.2. The highest BCUT2D eigenvalue weighted by atomic mass is 19.1. The van der Waals surface area contributed by atoms with Gasteiger partial charge in [-0.05, 0) is 38.1 Å². The van der Waals surface area contributed by atoms with Crippen LogP contribution in [0.4, 0.5) is 13.2 Å². The number of halogens is 3. The molecule has 21 heavy (non-hydrogen) atoms. The molecule has 1 heterocycles. The third-order valence-corrected chi connectivity index (χ3v) is 3.94. The van der Waals surface area contributed by atoms with Gasteiger partial charge in [0.2, 0.25) is 0 Å². The lowest BCUT2D eigenvalue weighted by Crippen LogP contribution is -2.28. The fourth-order valence-electron chi connectivity index (χ4n) is 2.82. The predicted octanol–water partition coefficient (Wildman–Crippen LogP) is 3.96. The first-order chi connectivity index (χ1) is 10.1. The first-order valence-electron chi connectivity index (χ1n) is 7.57. The lowest BCUT2D eigenvalue weighted by molar-refractivity contribution is 0.0602. The maximum atomic E-state index is 14.0. The smallest absolute Gasteiger partial charge is 0.133 e. The number of ether oxygens (including phenoxy) is 1. The van der Waals surface area contributed by atoms with Gasteiger partial charge in [0, 0.05) is 37.0 Å². The fraction of sp³-hybridized carbons (Fsp3) is 0.625. The summed E-state index contributed by atoms with van der Waals surface area (Å²) in [7, 11) is 0. The van der Waals surface area contributed by atoms with E-state index in [4.69, 9.17) is 4.74 Å². The molecule has 1 fully saturated rings. The third kappa shape index (κ3) is 4.45. The molecule has 0 spiro atoms. The summed E-state index contributed by atoms with van der Waals surface area (Å²) in [6.45, 7) is 4.05. The van der Waals surface area contributed by atoms with Crippen LogP contribution in [-0.2, 0) is 4.74 Å². The minimum absolute atomic E-state index is 0.0451. The molecule has 1 aromatic rings. The monoisotopic (exact) mass is 301 g/mol. The van der Waals surface area contributed by atoms with Crippen molar-refractivity contribution in [2.45, 2.75) is 38.6 Å². The summed E-state index contributed by atoms with van der Waals surface area (Å²) >= 11 is 0. The first kappa shape index (κ1) is 16.3. The molecule has 1 aromatic carbocycles. The molecule has 0 aromatic heterocycles. The summed E-state index contributed by atoms with van der Waals surface area (Å²) in [5.41, 5.74) is -0.0451. The predicted molar refractivity (Wildman–Crippen MR) is 75.5 cm³/mol. The van der Waals surface area contributed by atoms with E-state index in [1.165, 1.54) is 0 Å². The molecular weight excluding hydrogens is 279 g/mol. The van der Waals surface area contributed by atoms with Crippen LogP contribution in [0, 0.1) is 23.4 Å². The molecule has 1 aliphatic heterocycles. The average Bonchev–Trinajstić information content (AvgIpc) is 2.44. The maximum absolute atomic E-state index is 14.0. The molecule has 0 amide bonds. The lowest BCUT2D eigenvalue weighted by Gasteiger charge is -2.28. The van der Waals surface area contributed by atoms with Gasteiger partial charge < -0.3 is 10.1 Å². The highest BCUT2D eigenvalue weighted by molar-refractivity contribution is 5.24. The number of hydrogen-bond acceptors (Lipinski definition) is 2. The van der Waals surface area contributed by atoms with E-state index in [0.29, 0.717) is 32.1 Å². The van der Waals surface area contributed by atoms with Gasteiger partial charge in [0.1, 0.15) is 17.5 Å². The minimum atomic E-state index is -0.881. The zero-order valence-electron chi connectivity index (χ0n) is 12.3. The second kappa shape index (κ2) is 7.80. The first-order valence-corrected chi connectivity index (χ1v) is 7.57. The molecule has 0 bridgehead atoms. The Morgan fingerprint density at radius 3 is 2.38 bits per heavy atom. The lowest BCUT2D eigenvalue weighted by atomic mass is 9.89. The fourth-order valence-corrected chi connectivity index (χ4v) is 2.82. The van der Waals surface area contributed by atoms with Crippen LogP contribution in [-0.4, -0.2) is 19.8 Å². The van der Waals surface area contributed by atoms with Crippen molar-refractivity contribution in [2.24, 2.45) is 5.92 Å². The Balaban J connectivity index is 2.18. The van der Waals surface area contributed by atoms with Gasteiger partial charge in [-0.1, -0.05) is 6.92 Å². The number of benzene rings is 1. The normalized spacial score (nSPS) is 17.9. The van der Waals surface area contributed by atoms with Crippen LogP contribution in [0.2, 0.25) is 0 Å². The SMILES string of the molecule is CCCNC(CC1CCOCC1)c1c(F)cc(F)cc1F. The van der Waals surface area contributed by atoms with E-state index < -0.39 is 23.5 Å². The Morgan fingerprint density at radius 2 is 1.81 bits per heavy atom. The van der Waals surface area contributed by atoms with Crippen molar-refractivity contribution in [1.29, 1.82) is 0 Å². The van der Waals surface area contributed by atoms with Crippen molar-refractivity contribution in [3.8, 4) is 0 Å². The third-order valence-electron chi connectivity index (χ3n) is 3.94. The highest BCUT2D eigenvalue weighted by Crippen LogP contribution is 2.31. The Labute approximate surface area is 123 Å². The largest absolute Gasteiger partial charge is 0.381 e. The molecule has 0 saturated carbocycles. The molecule has 1 N–H and O–H groups in total. The summed E-state index contributed by atoms with van der Waals surface area (Å²) in [6.07, 6.45) is 3.31. The van der Waals surface area contributed by atoms with Gasteiger partial charge in [-0.2, -0.15) is 0 Å². The molecule has 1 unspecified atom stereocenters. The second-order valence-electron chi connectivity index (χ2n) is 5.58. The van der Waals surface area contributed by atoms with Crippen LogP contribution in [0.5, 0.6) is 0 Å². The van der Waals surface area contributed by atoms with Gasteiger partial charge in [-0.25, -0.2) is 13.2 Å². The molecule has 0 radical (unpaired) electrons. The van der Waals surface area contributed by atoms with E-state index in [2.05, 4.69) is 5.32 Å². The molecule has 1 aliphatic rings. The number of rotatable bonds is 6. The Hall–Kier alpha value is -1.07. The summed E-state index contributed by atoms with van der Waals surface area (Å²) < 4.78 is 46.4. The van der Waals surface area contributed by atoms with Crippen LogP contribution in [0.1, 0.15) is 44.2 Å². The number of nitrogens with one attached hydrogen (secondary N) is 1. The summed E-state index contributed by atoms with van der Waals surface area (Å²) in [5, 5.41) is 3.19. The van der Waals surface area contributed by atoms with Crippen LogP contribution in [0.25, 0.3) is 0 Å². The van der Waals surface area contributed by atoms with E-state index in [0.717, 1.165) is 31.4 Å². The van der Waals surface area contributed by atoms with Gasteiger partial charge in [0.15, 0.2) is 0 Å². The standard InChI is InChI=1S/C16H22F3NO/c1-2-5-20-15(8-11-3-6-21-7-4-11)16-13(18)9-12(17)10-14(16)19/h9-11,15,20H,2-8H2,1H3. The van der Waals surface area contributed by atoms with Crippen LogP contribution in [0.15, 0.2) is 12.1 Å². The molecular formula is C16H22F3NO. The van der Waals surface area contributed by atoms with Crippen molar-refractivity contribution < 1.29 is 17.9 Å². The van der Waals surface area contributed by atoms with E-state index in [1.54, 1.807) is 0 Å². The Bertz CT molecular complexity index is 438. The van der Waals surface area contributed by atoms with Gasteiger partial charge >= 0.3 is 0 Å². The minimum Gasteiger partial charge on any atom is -0.381 e. The maximum Gasteiger partial charge on any atom is 0.133 e. The van der Waals surface area contributed by atoms with Gasteiger partial charge in [-0.3, -0.25) is 0 Å². The molecule has 1 saturated heterocycles. The van der Waals surface area contributed by atoms with Crippen molar-refractivity contribution >= 4 is 0 Å². The summed E-state index contributed by atoms with van der Waals surface area (Å²) in [4.78, 5) is 0. The highest BCUT2D eigenvalue weighted by Gasteiger charge is 2.25. The number of hydrogen-bond donors (Lipinski definition) is 1. The van der Waals surface area contributed by atoms with Crippen molar-refractivity contribution in [2.75, 3.05) is 19.8 Å². The average molecular weight is 301 g/mol. The quantitative estimate of drug-likeness (QED) is 0.858. The van der Waals surface area contributed by atoms with Crippen molar-refractivity contribution in [3.63, 3.8) is 0 Å². The van der Waals surface area contributed by atoms with E-state index in [1.807, 2.05) is 6.92 Å². The molecule has 1 atom stereocenters. The van der Waals surface area contributed by atoms with E-state index in [-0.39, 0.29) is 5.56 Å². The van der Waals surface area contributed by atoms with E-state index >= 15 is 0 Å². The van der Waals surface area contributed by atoms with Crippen LogP contribution < -0.4 is 5.32 Å². The van der Waals surface area contributed by atoms with E-state index in [9.17, 15) is 13.2 Å². The zero-order valence-corrected chi connectivity index (χ0v) is 12.3. The van der Waals surface area contributed by atoms with Crippen molar-refractivity contribution in [3.05, 3.63) is 35.1 Å². The van der Waals surface area contributed by atoms with Gasteiger partial charge in [-0.15, -0.1) is 0 Å². The van der Waals surface area contributed by atoms with Crippen molar-refractivity contribution in [1.82, 2.24) is 5.32 Å². The van der Waals surface area contributed by atoms with Gasteiger partial charge in [0.25, 0.3) is 0 Å². The summed E-state index contributed by atoms with van der Waals surface area (Å²) in [5.74, 6) is -2.13. The second-order valence-corrected chi connectivity index (χ2v) is 5.58. The van der Waals surface area contributed by atoms with Crippen LogP contribution >= 0.6 is 0 Å². The molecule has 5 heteroatoms. The van der Waals surface area contributed by atoms with Crippen LogP contribution in [0.3, 0.4) is 0 Å². The summed E-state index contributed by atoms with van der Waals surface area (Å²) in [6, 6.07) is 1.08. The topological polar surface area (TPSA) is 21.3 Å². The molecule has 2 nitrogen and oxygen atoms in total. The molecule has 2 rings (SSSR count). The Kier molecular flexibility index (Phi) is 6.06. The molecule has 118 valence electrons.